The van der Waals surface area contributed by atoms with Gasteiger partial charge in [-0.15, -0.1) is 0 Å². The molecule has 8 nitrogen and oxygen atoms in total. The van der Waals surface area contributed by atoms with Gasteiger partial charge in [-0.05, 0) is 94.8 Å². The van der Waals surface area contributed by atoms with Gasteiger partial charge in [0.15, 0.2) is 5.78 Å². The number of fused-ring (bicyclic) bond motifs is 1. The summed E-state index contributed by atoms with van der Waals surface area (Å²) in [4.78, 5) is 43.4. The number of aromatic amines is 1. The lowest BCUT2D eigenvalue weighted by molar-refractivity contribution is -0.143. The highest BCUT2D eigenvalue weighted by atomic mass is 16.5. The number of nitrogens with one attached hydrogen (secondary N) is 3. The van der Waals surface area contributed by atoms with E-state index in [0.29, 0.717) is 23.3 Å². The fraction of sp³-hybridized carbons (Fsp3) is 0.711. The Hall–Kier alpha value is -3.29. The van der Waals surface area contributed by atoms with Crippen molar-refractivity contribution < 1.29 is 23.9 Å². The van der Waals surface area contributed by atoms with E-state index in [1.165, 1.54) is 57.6 Å². The molecule has 2 aliphatic rings. The number of carbonyl (C=O) groups excluding carboxylic acids is 3. The number of Topliss-reactive ketones (excluding diaryl/α,β-unsaturated/α-hetero) is 1. The first-order chi connectivity index (χ1) is 25.2. The summed E-state index contributed by atoms with van der Waals surface area (Å²) >= 11 is 0. The molecule has 0 saturated carbocycles. The zero-order chi connectivity index (χ0) is 39.2. The van der Waals surface area contributed by atoms with Crippen LogP contribution in [0.25, 0.3) is 5.57 Å². The number of H-pyrrole nitrogens is 1. The van der Waals surface area contributed by atoms with Gasteiger partial charge in [-0.3, -0.25) is 14.4 Å². The first-order valence-corrected chi connectivity index (χ1v) is 20.8. The van der Waals surface area contributed by atoms with E-state index in [-0.39, 0.29) is 42.7 Å². The van der Waals surface area contributed by atoms with Crippen LogP contribution in [0.15, 0.2) is 29.1 Å². The number of methoxy groups -OCH3 is 1. The zero-order valence-electron chi connectivity index (χ0n) is 35.1. The van der Waals surface area contributed by atoms with Gasteiger partial charge in [-0.2, -0.15) is 0 Å². The van der Waals surface area contributed by atoms with Crippen molar-refractivity contribution in [2.45, 2.75) is 152 Å². The molecule has 53 heavy (non-hydrogen) atoms. The Kier molecular flexibility index (Phi) is 17.9. The molecule has 298 valence electrons. The number of ether oxygens (including phenoxy) is 2. The summed E-state index contributed by atoms with van der Waals surface area (Å²) in [5.41, 5.74) is 6.88. The third kappa shape index (κ3) is 12.4. The minimum absolute atomic E-state index is 0.0430. The molecule has 0 bridgehead atoms. The largest absolute Gasteiger partial charge is 0.468 e. The van der Waals surface area contributed by atoms with E-state index in [4.69, 9.17) is 9.47 Å². The highest BCUT2D eigenvalue weighted by molar-refractivity contribution is 6.24. The van der Waals surface area contributed by atoms with Crippen LogP contribution in [0.4, 0.5) is 0 Å². The Morgan fingerprint density at radius 2 is 1.58 bits per heavy atom. The first-order valence-electron chi connectivity index (χ1n) is 20.8. The maximum absolute atomic E-state index is 13.7. The summed E-state index contributed by atoms with van der Waals surface area (Å²) < 4.78 is 10.9. The second-order valence-corrected chi connectivity index (χ2v) is 16.6. The smallest absolute Gasteiger partial charge is 0.321 e. The maximum atomic E-state index is 13.7. The molecule has 1 unspecified atom stereocenters. The van der Waals surface area contributed by atoms with Crippen molar-refractivity contribution in [1.82, 2.24) is 15.6 Å². The quantitative estimate of drug-likeness (QED) is 0.0618. The number of esters is 2. The van der Waals surface area contributed by atoms with Gasteiger partial charge in [0.25, 0.3) is 0 Å². The summed E-state index contributed by atoms with van der Waals surface area (Å²) in [5, 5.41) is 7.17. The summed E-state index contributed by atoms with van der Waals surface area (Å²) in [6.07, 6.45) is 17.3. The van der Waals surface area contributed by atoms with E-state index < -0.39 is 11.9 Å². The number of aryl methyl sites for hydroxylation is 1. The van der Waals surface area contributed by atoms with Crippen molar-refractivity contribution in [3.63, 3.8) is 0 Å². The summed E-state index contributed by atoms with van der Waals surface area (Å²) in [7, 11) is 1.33. The molecule has 1 aromatic heterocycles. The van der Waals surface area contributed by atoms with Crippen LogP contribution in [0.1, 0.15) is 160 Å². The normalized spacial score (nSPS) is 22.9. The second kappa shape index (κ2) is 21.6. The van der Waals surface area contributed by atoms with Crippen molar-refractivity contribution in [2.75, 3.05) is 20.3 Å². The van der Waals surface area contributed by atoms with E-state index in [1.54, 1.807) is 0 Å². The molecule has 1 aliphatic heterocycles. The minimum Gasteiger partial charge on any atom is -0.468 e. The molecular formula is C45H73N3O5. The van der Waals surface area contributed by atoms with Crippen LogP contribution in [-0.4, -0.2) is 49.0 Å². The van der Waals surface area contributed by atoms with E-state index in [2.05, 4.69) is 77.1 Å². The lowest BCUT2D eigenvalue weighted by Gasteiger charge is -2.20. The van der Waals surface area contributed by atoms with Crippen LogP contribution in [0, 0.1) is 49.4 Å². The maximum Gasteiger partial charge on any atom is 0.321 e. The first kappa shape index (κ1) is 44.1. The van der Waals surface area contributed by atoms with Gasteiger partial charge in [-0.25, -0.2) is 0 Å². The van der Waals surface area contributed by atoms with E-state index in [0.717, 1.165) is 66.2 Å². The van der Waals surface area contributed by atoms with Crippen molar-refractivity contribution in [3.8, 4) is 0 Å². The van der Waals surface area contributed by atoms with Crippen LogP contribution in [0.2, 0.25) is 0 Å². The molecule has 3 N–H and O–H groups in total. The standard InChI is InChI=1S/C45H73N3O5/c1-12-35(46-13-2)27-37-33(9)36(42(48-37)40-41(45(51)52-11)44(50)39-32(8)34(10)47-43(39)40)23-24-38(49)53-26-25-31(7)22-16-21-30(6)20-15-19-29(5)18-14-17-28(3)4/h25,27-30,33,36-37,41,46-48H,12-24,26H2,1-11H3/b31-25+,35-27-,42-40-/t29-,30-,33+,36+,37?,41-/m1/s1. The van der Waals surface area contributed by atoms with Gasteiger partial charge in [0.2, 0.25) is 0 Å². The fourth-order valence-corrected chi connectivity index (χ4v) is 8.27. The Bertz CT molecular complexity index is 1470. The molecule has 8 heteroatoms. The van der Waals surface area contributed by atoms with Gasteiger partial charge < -0.3 is 25.1 Å². The Morgan fingerprint density at radius 3 is 2.19 bits per heavy atom. The lowest BCUT2D eigenvalue weighted by Crippen LogP contribution is -2.27. The summed E-state index contributed by atoms with van der Waals surface area (Å²) in [6.45, 7) is 22.9. The number of aromatic nitrogens is 1. The molecule has 0 aromatic carbocycles. The third-order valence-corrected chi connectivity index (χ3v) is 11.8. The van der Waals surface area contributed by atoms with Gasteiger partial charge in [-0.1, -0.05) is 92.1 Å². The van der Waals surface area contributed by atoms with Crippen LogP contribution in [0.3, 0.4) is 0 Å². The average Bonchev–Trinajstić information content (AvgIpc) is 3.69. The van der Waals surface area contributed by atoms with E-state index in [1.807, 2.05) is 19.9 Å². The minimum atomic E-state index is -1.05. The van der Waals surface area contributed by atoms with Gasteiger partial charge in [0.1, 0.15) is 12.5 Å². The molecule has 0 amide bonds. The molecule has 1 aromatic rings. The number of rotatable bonds is 22. The average molecular weight is 736 g/mol. The van der Waals surface area contributed by atoms with Crippen molar-refractivity contribution in [1.29, 1.82) is 0 Å². The number of hydrogen-bond donors (Lipinski definition) is 3. The second-order valence-electron chi connectivity index (χ2n) is 16.6. The molecule has 3 rings (SSSR count). The molecule has 0 spiro atoms. The SMILES string of the molecule is CCN/C(=C\C1N/C(=C2\c3[nH]c(C)c(C)c3C(=O)[C@@H]2C(=O)OC)[C@@H](CCC(=O)OC/C=C(\C)CCC[C@H](C)CCC[C@H](C)CCCC(C)C)[C@@H]1C)CC. The fourth-order valence-electron chi connectivity index (χ4n) is 8.27. The summed E-state index contributed by atoms with van der Waals surface area (Å²) in [6, 6.07) is -0.0430. The van der Waals surface area contributed by atoms with Gasteiger partial charge in [0.05, 0.1) is 12.8 Å². The molecular weight excluding hydrogens is 663 g/mol. The number of carbonyl (C=O) groups is 3. The number of hydrogen-bond acceptors (Lipinski definition) is 7. The summed E-state index contributed by atoms with van der Waals surface area (Å²) in [5.74, 6) is 0.299. The van der Waals surface area contributed by atoms with Crippen LogP contribution >= 0.6 is 0 Å². The number of allylic oxidation sites excluding steroid dienone is 3. The molecule has 2 heterocycles. The highest BCUT2D eigenvalue weighted by Gasteiger charge is 2.49. The van der Waals surface area contributed by atoms with Crippen molar-refractivity contribution >= 4 is 23.3 Å². The molecule has 6 atom stereocenters. The van der Waals surface area contributed by atoms with Crippen molar-refractivity contribution in [2.24, 2.45) is 35.5 Å². The molecule has 0 radical (unpaired) electrons. The molecule has 1 fully saturated rings. The Labute approximate surface area is 321 Å². The predicted octanol–water partition coefficient (Wildman–Crippen LogP) is 10.2. The van der Waals surface area contributed by atoms with Crippen molar-refractivity contribution in [3.05, 3.63) is 51.6 Å². The lowest BCUT2D eigenvalue weighted by atomic mass is 9.83. The third-order valence-electron chi connectivity index (χ3n) is 11.8. The topological polar surface area (TPSA) is 110 Å². The monoisotopic (exact) mass is 736 g/mol. The van der Waals surface area contributed by atoms with Gasteiger partial charge >= 0.3 is 11.9 Å². The Balaban J connectivity index is 1.61. The molecule has 1 saturated heterocycles. The van der Waals surface area contributed by atoms with Gasteiger partial charge in [0, 0.05) is 53.1 Å². The van der Waals surface area contributed by atoms with Crippen LogP contribution in [-0.2, 0) is 19.1 Å². The van der Waals surface area contributed by atoms with Crippen LogP contribution < -0.4 is 10.6 Å². The van der Waals surface area contributed by atoms with E-state index >= 15 is 0 Å². The molecule has 1 aliphatic carbocycles. The predicted molar refractivity (Wildman–Crippen MR) is 217 cm³/mol. The van der Waals surface area contributed by atoms with E-state index in [9.17, 15) is 14.4 Å². The zero-order valence-corrected chi connectivity index (χ0v) is 35.1. The number of ketones is 1. The van der Waals surface area contributed by atoms with Crippen LogP contribution in [0.5, 0.6) is 0 Å². The Morgan fingerprint density at radius 1 is 0.943 bits per heavy atom. The highest BCUT2D eigenvalue weighted by Crippen LogP contribution is 2.47.